The van der Waals surface area contributed by atoms with Gasteiger partial charge in [-0.25, -0.2) is 13.8 Å². The van der Waals surface area contributed by atoms with E-state index in [1.807, 2.05) is 22.6 Å². The molecule has 0 N–H and O–H groups in total. The van der Waals surface area contributed by atoms with Crippen LogP contribution in [-0.4, -0.2) is 4.98 Å². The number of pyridine rings is 1. The fraction of sp³-hybridized carbons (Fsp3) is 0.286. The number of hydrogen-bond acceptors (Lipinski definition) is 1. The molecule has 0 saturated heterocycles. The van der Waals surface area contributed by atoms with Crippen LogP contribution in [0.3, 0.4) is 0 Å². The molecule has 0 atom stereocenters. The molecule has 13 heavy (non-hydrogen) atoms. The molecule has 0 unspecified atom stereocenters. The monoisotopic (exact) mass is 381 g/mol. The van der Waals surface area contributed by atoms with E-state index in [0.717, 1.165) is 0 Å². The zero-order valence-electron chi connectivity index (χ0n) is 6.20. The van der Waals surface area contributed by atoms with Crippen LogP contribution >= 0.6 is 50.1 Å². The maximum atomic E-state index is 12.5. The topological polar surface area (TPSA) is 12.9 Å². The summed E-state index contributed by atoms with van der Waals surface area (Å²) in [4.78, 5) is 3.87. The van der Waals surface area contributed by atoms with Crippen LogP contribution in [0.25, 0.3) is 0 Å². The van der Waals surface area contributed by atoms with Gasteiger partial charge in [-0.2, -0.15) is 0 Å². The van der Waals surface area contributed by atoms with E-state index in [-0.39, 0.29) is 17.1 Å². The first-order valence-electron chi connectivity index (χ1n) is 3.25. The molecule has 0 aliphatic carbocycles. The van der Waals surface area contributed by atoms with E-state index in [9.17, 15) is 8.78 Å². The van der Waals surface area contributed by atoms with Crippen molar-refractivity contribution in [2.45, 2.75) is 12.3 Å². The molecule has 0 bridgehead atoms. The molecule has 0 amide bonds. The van der Waals surface area contributed by atoms with Crippen molar-refractivity contribution in [2.24, 2.45) is 0 Å². The van der Waals surface area contributed by atoms with Gasteiger partial charge in [-0.15, -0.1) is 11.6 Å². The Morgan fingerprint density at radius 3 is 2.69 bits per heavy atom. The minimum Gasteiger partial charge on any atom is -0.244 e. The zero-order valence-corrected chi connectivity index (χ0v) is 10.7. The van der Waals surface area contributed by atoms with Gasteiger partial charge in [-0.1, -0.05) is 0 Å². The van der Waals surface area contributed by atoms with Crippen molar-refractivity contribution in [3.05, 3.63) is 25.5 Å². The summed E-state index contributed by atoms with van der Waals surface area (Å²) in [7, 11) is 0. The summed E-state index contributed by atoms with van der Waals surface area (Å²) in [5.41, 5.74) is 0.161. The molecule has 0 aliphatic heterocycles. The Hall–Kier alpha value is 0.510. The fourth-order valence-corrected chi connectivity index (χ4v) is 2.79. The molecule has 6 heteroatoms. The van der Waals surface area contributed by atoms with Crippen LogP contribution < -0.4 is 0 Å². The van der Waals surface area contributed by atoms with E-state index in [0.29, 0.717) is 8.17 Å². The van der Waals surface area contributed by atoms with Crippen molar-refractivity contribution in [2.75, 3.05) is 0 Å². The molecule has 72 valence electrons. The molecule has 1 heterocycles. The zero-order chi connectivity index (χ0) is 10.0. The third-order valence-corrected chi connectivity index (χ3v) is 2.95. The van der Waals surface area contributed by atoms with Gasteiger partial charge in [0, 0.05) is 3.57 Å². The van der Waals surface area contributed by atoms with Crippen molar-refractivity contribution in [3.63, 3.8) is 0 Å². The van der Waals surface area contributed by atoms with Gasteiger partial charge < -0.3 is 0 Å². The van der Waals surface area contributed by atoms with Crippen LogP contribution in [0.5, 0.6) is 0 Å². The minimum atomic E-state index is -2.53. The van der Waals surface area contributed by atoms with Gasteiger partial charge in [0.2, 0.25) is 0 Å². The summed E-state index contributed by atoms with van der Waals surface area (Å²) in [6.07, 6.45) is -2.53. The van der Waals surface area contributed by atoms with Gasteiger partial charge in [0.1, 0.15) is 4.60 Å². The molecule has 1 nitrogen and oxygen atoms in total. The van der Waals surface area contributed by atoms with Gasteiger partial charge in [0.15, 0.2) is 0 Å². The smallest absolute Gasteiger partial charge is 0.244 e. The Labute approximate surface area is 101 Å². The van der Waals surface area contributed by atoms with E-state index in [2.05, 4.69) is 20.9 Å². The highest BCUT2D eigenvalue weighted by atomic mass is 127. The third-order valence-electron chi connectivity index (χ3n) is 1.40. The van der Waals surface area contributed by atoms with Crippen LogP contribution in [0, 0.1) is 3.57 Å². The predicted octanol–water partition coefficient (Wildman–Crippen LogP) is 4.13. The van der Waals surface area contributed by atoms with Crippen LogP contribution in [0.1, 0.15) is 17.7 Å². The first-order chi connectivity index (χ1) is 6.06. The molecule has 1 aromatic heterocycles. The van der Waals surface area contributed by atoms with E-state index in [4.69, 9.17) is 11.6 Å². The lowest BCUT2D eigenvalue weighted by Gasteiger charge is -2.08. The fourth-order valence-electron chi connectivity index (χ4n) is 0.874. The lowest BCUT2D eigenvalue weighted by Crippen LogP contribution is -2.00. The molecular weight excluding hydrogens is 378 g/mol. The molecule has 0 aliphatic rings. The van der Waals surface area contributed by atoms with E-state index in [1.165, 1.54) is 6.07 Å². The molecule has 0 radical (unpaired) electrons. The number of aromatic nitrogens is 1. The second-order valence-corrected chi connectivity index (χ2v) is 4.46. The molecule has 0 spiro atoms. The third kappa shape index (κ3) is 2.73. The van der Waals surface area contributed by atoms with Crippen LogP contribution in [0.2, 0.25) is 0 Å². The maximum absolute atomic E-state index is 12.5. The highest BCUT2D eigenvalue weighted by molar-refractivity contribution is 14.1. The maximum Gasteiger partial charge on any atom is 0.266 e. The Kier molecular flexibility index (Phi) is 4.31. The number of nitrogens with zero attached hydrogens (tertiary/aromatic N) is 1. The molecule has 0 saturated carbocycles. The summed E-state index contributed by atoms with van der Waals surface area (Å²) in [5, 5.41) is 0. The quantitative estimate of drug-likeness (QED) is 0.426. The normalized spacial score (nSPS) is 10.9. The first-order valence-corrected chi connectivity index (χ1v) is 5.65. The van der Waals surface area contributed by atoms with Gasteiger partial charge >= 0.3 is 0 Å². The van der Waals surface area contributed by atoms with Crippen molar-refractivity contribution in [3.8, 4) is 0 Å². The Morgan fingerprint density at radius 2 is 2.23 bits per heavy atom. The van der Waals surface area contributed by atoms with Crippen LogP contribution in [0.4, 0.5) is 8.78 Å². The lowest BCUT2D eigenvalue weighted by atomic mass is 10.2. The number of hydrogen-bond donors (Lipinski definition) is 0. The second kappa shape index (κ2) is 4.84. The van der Waals surface area contributed by atoms with Gasteiger partial charge in [0.05, 0.1) is 17.1 Å². The Balaban J connectivity index is 3.30. The standard InChI is InChI=1S/C7H4BrClF2IN/c8-5-1-3(12)6(7(10)11)4(2-9)13-5/h1,7H,2H2. The predicted molar refractivity (Wildman–Crippen MR) is 59.2 cm³/mol. The van der Waals surface area contributed by atoms with Crippen molar-refractivity contribution in [1.29, 1.82) is 0 Å². The SMILES string of the molecule is FC(F)c1c(I)cc(Br)nc1CCl. The van der Waals surface area contributed by atoms with Crippen LogP contribution in [-0.2, 0) is 5.88 Å². The Morgan fingerprint density at radius 1 is 1.62 bits per heavy atom. The summed E-state index contributed by atoms with van der Waals surface area (Å²) < 4.78 is 26.0. The molecule has 0 aromatic carbocycles. The molecule has 0 fully saturated rings. The minimum absolute atomic E-state index is 0.00485. The van der Waals surface area contributed by atoms with Gasteiger partial charge in [-0.3, -0.25) is 0 Å². The molecule has 1 rings (SSSR count). The molecular formula is C7H4BrClF2IN. The van der Waals surface area contributed by atoms with Crippen LogP contribution in [0.15, 0.2) is 10.7 Å². The van der Waals surface area contributed by atoms with Gasteiger partial charge in [0.25, 0.3) is 6.43 Å². The highest BCUT2D eigenvalue weighted by Gasteiger charge is 2.18. The first kappa shape index (κ1) is 11.6. The summed E-state index contributed by atoms with van der Waals surface area (Å²) >= 11 is 10.5. The Bertz CT molecular complexity index is 322. The second-order valence-electron chi connectivity index (χ2n) is 2.22. The largest absolute Gasteiger partial charge is 0.266 e. The average molecular weight is 382 g/mol. The van der Waals surface area contributed by atoms with Crippen molar-refractivity contribution >= 4 is 50.1 Å². The van der Waals surface area contributed by atoms with Crippen molar-refractivity contribution in [1.82, 2.24) is 4.98 Å². The van der Waals surface area contributed by atoms with Crippen molar-refractivity contribution < 1.29 is 8.78 Å². The average Bonchev–Trinajstić information content (AvgIpc) is 2.01. The van der Waals surface area contributed by atoms with E-state index < -0.39 is 6.43 Å². The number of rotatable bonds is 2. The number of halogens is 5. The summed E-state index contributed by atoms with van der Waals surface area (Å²) in [5.74, 6) is -0.00485. The van der Waals surface area contributed by atoms with Gasteiger partial charge in [-0.05, 0) is 44.6 Å². The summed E-state index contributed by atoms with van der Waals surface area (Å²) in [6, 6.07) is 1.54. The lowest BCUT2D eigenvalue weighted by molar-refractivity contribution is 0.149. The van der Waals surface area contributed by atoms with E-state index in [1.54, 1.807) is 0 Å². The van der Waals surface area contributed by atoms with E-state index >= 15 is 0 Å². The molecule has 1 aromatic rings. The highest BCUT2D eigenvalue weighted by Crippen LogP contribution is 2.29. The number of alkyl halides is 3. The summed E-state index contributed by atoms with van der Waals surface area (Å²) in [6.45, 7) is 0.